The fourth-order valence-corrected chi connectivity index (χ4v) is 1.89. The molecule has 0 aromatic heterocycles. The summed E-state index contributed by atoms with van der Waals surface area (Å²) in [7, 11) is 0. The van der Waals surface area contributed by atoms with Crippen LogP contribution in [-0.4, -0.2) is 6.67 Å². The van der Waals surface area contributed by atoms with Gasteiger partial charge >= 0.3 is 0 Å². The lowest BCUT2D eigenvalue weighted by Gasteiger charge is -2.22. The normalized spacial score (nSPS) is 23.2. The fourth-order valence-electron chi connectivity index (χ4n) is 1.89. The van der Waals surface area contributed by atoms with E-state index in [1.807, 2.05) is 0 Å². The highest BCUT2D eigenvalue weighted by molar-refractivity contribution is 5.35. The van der Waals surface area contributed by atoms with Gasteiger partial charge < -0.3 is 0 Å². The van der Waals surface area contributed by atoms with Crippen LogP contribution in [0.1, 0.15) is 33.1 Å². The Morgan fingerprint density at radius 3 is 2.80 bits per heavy atom. The summed E-state index contributed by atoms with van der Waals surface area (Å²) in [4.78, 5) is 0. The SMILES string of the molecule is C=C(F)/C(C)=C\C1=C(CF)CC(C)CC1. The van der Waals surface area contributed by atoms with Crippen molar-refractivity contribution in [1.29, 1.82) is 0 Å². The zero-order valence-corrected chi connectivity index (χ0v) is 9.45. The maximum Gasteiger partial charge on any atom is 0.118 e. The van der Waals surface area contributed by atoms with Gasteiger partial charge in [0.1, 0.15) is 12.5 Å². The monoisotopic (exact) mass is 212 g/mol. The van der Waals surface area contributed by atoms with E-state index in [0.29, 0.717) is 11.5 Å². The molecular formula is C13H18F2. The van der Waals surface area contributed by atoms with Crippen LogP contribution in [0.25, 0.3) is 0 Å². The second-order valence-corrected chi connectivity index (χ2v) is 4.34. The summed E-state index contributed by atoms with van der Waals surface area (Å²) in [5.41, 5.74) is 2.30. The molecule has 0 aliphatic heterocycles. The molecule has 1 unspecified atom stereocenters. The number of halogens is 2. The average Bonchev–Trinajstić information content (AvgIpc) is 2.20. The van der Waals surface area contributed by atoms with Gasteiger partial charge in [0.2, 0.25) is 0 Å². The van der Waals surface area contributed by atoms with Gasteiger partial charge in [-0.15, -0.1) is 0 Å². The van der Waals surface area contributed by atoms with Crippen molar-refractivity contribution in [2.45, 2.75) is 33.1 Å². The zero-order valence-electron chi connectivity index (χ0n) is 9.45. The third kappa shape index (κ3) is 3.29. The van der Waals surface area contributed by atoms with Crippen LogP contribution in [0.4, 0.5) is 8.78 Å². The average molecular weight is 212 g/mol. The second kappa shape index (κ2) is 5.24. The van der Waals surface area contributed by atoms with Gasteiger partial charge in [-0.25, -0.2) is 8.78 Å². The van der Waals surface area contributed by atoms with E-state index in [-0.39, 0.29) is 0 Å². The topological polar surface area (TPSA) is 0 Å². The van der Waals surface area contributed by atoms with E-state index in [2.05, 4.69) is 13.5 Å². The van der Waals surface area contributed by atoms with Crippen LogP contribution in [0, 0.1) is 5.92 Å². The van der Waals surface area contributed by atoms with E-state index in [9.17, 15) is 8.78 Å². The minimum absolute atomic E-state index is 0.414. The largest absolute Gasteiger partial charge is 0.246 e. The Morgan fingerprint density at radius 1 is 1.60 bits per heavy atom. The molecule has 0 radical (unpaired) electrons. The summed E-state index contributed by atoms with van der Waals surface area (Å²) in [5, 5.41) is 0. The van der Waals surface area contributed by atoms with Gasteiger partial charge in [-0.05, 0) is 48.8 Å². The maximum absolute atomic E-state index is 12.8. The third-order valence-electron chi connectivity index (χ3n) is 2.94. The molecule has 0 saturated heterocycles. The van der Waals surface area contributed by atoms with Gasteiger partial charge in [-0.1, -0.05) is 19.6 Å². The van der Waals surface area contributed by atoms with Gasteiger partial charge in [0, 0.05) is 0 Å². The maximum atomic E-state index is 12.8. The van der Waals surface area contributed by atoms with E-state index in [1.54, 1.807) is 13.0 Å². The van der Waals surface area contributed by atoms with E-state index >= 15 is 0 Å². The summed E-state index contributed by atoms with van der Waals surface area (Å²) >= 11 is 0. The molecule has 0 bridgehead atoms. The fraction of sp³-hybridized carbons (Fsp3) is 0.538. The molecule has 1 atom stereocenters. The Balaban J connectivity index is 2.91. The molecule has 0 heterocycles. The molecule has 1 rings (SSSR count). The summed E-state index contributed by atoms with van der Waals surface area (Å²) in [6, 6.07) is 0. The Kier molecular flexibility index (Phi) is 4.25. The van der Waals surface area contributed by atoms with Crippen molar-refractivity contribution in [1.82, 2.24) is 0 Å². The minimum atomic E-state index is -0.431. The first-order chi connectivity index (χ1) is 7.04. The smallest absolute Gasteiger partial charge is 0.118 e. The van der Waals surface area contributed by atoms with Crippen molar-refractivity contribution in [3.63, 3.8) is 0 Å². The van der Waals surface area contributed by atoms with Gasteiger partial charge in [0.15, 0.2) is 0 Å². The molecule has 0 spiro atoms. The Morgan fingerprint density at radius 2 is 2.27 bits per heavy atom. The van der Waals surface area contributed by atoms with Crippen LogP contribution < -0.4 is 0 Å². The van der Waals surface area contributed by atoms with Crippen molar-refractivity contribution in [3.05, 3.63) is 35.2 Å². The molecule has 0 aromatic carbocycles. The molecule has 1 aliphatic rings. The lowest BCUT2D eigenvalue weighted by atomic mass is 9.84. The first kappa shape index (κ1) is 12.2. The summed E-state index contributed by atoms with van der Waals surface area (Å²) in [6.45, 7) is 6.61. The van der Waals surface area contributed by atoms with Gasteiger partial charge in [-0.3, -0.25) is 0 Å². The van der Waals surface area contributed by atoms with Crippen molar-refractivity contribution >= 4 is 0 Å². The van der Waals surface area contributed by atoms with Crippen molar-refractivity contribution in [2.24, 2.45) is 5.92 Å². The van der Waals surface area contributed by atoms with Crippen LogP contribution in [0.3, 0.4) is 0 Å². The highest BCUT2D eigenvalue weighted by Crippen LogP contribution is 2.31. The summed E-state index contributed by atoms with van der Waals surface area (Å²) in [6.07, 6.45) is 4.45. The lowest BCUT2D eigenvalue weighted by Crippen LogP contribution is -2.08. The molecule has 0 nitrogen and oxygen atoms in total. The van der Waals surface area contributed by atoms with Crippen LogP contribution in [0.5, 0.6) is 0 Å². The predicted molar refractivity (Wildman–Crippen MR) is 60.0 cm³/mol. The molecular weight excluding hydrogens is 194 g/mol. The highest BCUT2D eigenvalue weighted by Gasteiger charge is 2.16. The molecule has 0 fully saturated rings. The number of rotatable bonds is 3. The van der Waals surface area contributed by atoms with E-state index in [1.165, 1.54) is 0 Å². The van der Waals surface area contributed by atoms with Crippen LogP contribution in [0.15, 0.2) is 35.2 Å². The number of hydrogen-bond donors (Lipinski definition) is 0. The number of hydrogen-bond acceptors (Lipinski definition) is 0. The van der Waals surface area contributed by atoms with Crippen LogP contribution >= 0.6 is 0 Å². The molecule has 84 valence electrons. The number of alkyl halides is 1. The lowest BCUT2D eigenvalue weighted by molar-refractivity contribution is 0.449. The standard InChI is InChI=1S/C13H18F2/c1-9-4-5-12(13(6-9)8-14)7-10(2)11(3)15/h7,9H,3-6,8H2,1-2H3/b10-7-. The van der Waals surface area contributed by atoms with Crippen LogP contribution in [-0.2, 0) is 0 Å². The van der Waals surface area contributed by atoms with E-state index in [4.69, 9.17) is 0 Å². The molecule has 0 N–H and O–H groups in total. The summed E-state index contributed by atoms with van der Waals surface area (Å²) < 4.78 is 25.5. The second-order valence-electron chi connectivity index (χ2n) is 4.34. The molecule has 0 aromatic rings. The van der Waals surface area contributed by atoms with Gasteiger partial charge in [0.25, 0.3) is 0 Å². The van der Waals surface area contributed by atoms with E-state index < -0.39 is 12.5 Å². The molecule has 2 heteroatoms. The molecule has 15 heavy (non-hydrogen) atoms. The molecule has 1 aliphatic carbocycles. The predicted octanol–water partition coefficient (Wildman–Crippen LogP) is 4.50. The number of allylic oxidation sites excluding steroid dienone is 5. The van der Waals surface area contributed by atoms with E-state index in [0.717, 1.165) is 30.4 Å². The van der Waals surface area contributed by atoms with Gasteiger partial charge in [0.05, 0.1) is 0 Å². The quantitative estimate of drug-likeness (QED) is 0.604. The molecule has 0 saturated carbocycles. The third-order valence-corrected chi connectivity index (χ3v) is 2.94. The zero-order chi connectivity index (χ0) is 11.4. The molecule has 0 amide bonds. The van der Waals surface area contributed by atoms with Crippen molar-refractivity contribution in [3.8, 4) is 0 Å². The van der Waals surface area contributed by atoms with Gasteiger partial charge in [-0.2, -0.15) is 0 Å². The summed E-state index contributed by atoms with van der Waals surface area (Å²) in [5.74, 6) is 0.112. The first-order valence-corrected chi connectivity index (χ1v) is 5.34. The highest BCUT2D eigenvalue weighted by atomic mass is 19.1. The Labute approximate surface area is 90.4 Å². The Bertz CT molecular complexity index is 310. The minimum Gasteiger partial charge on any atom is -0.246 e. The van der Waals surface area contributed by atoms with Crippen LogP contribution in [0.2, 0.25) is 0 Å². The Hall–Kier alpha value is -0.920. The van der Waals surface area contributed by atoms with Crippen molar-refractivity contribution in [2.75, 3.05) is 6.67 Å². The van der Waals surface area contributed by atoms with Crippen molar-refractivity contribution < 1.29 is 8.78 Å². The first-order valence-electron chi connectivity index (χ1n) is 5.34.